The Balaban J connectivity index is 1.96. The third-order valence-electron chi connectivity index (χ3n) is 6.49. The van der Waals surface area contributed by atoms with Gasteiger partial charge in [0.05, 0.1) is 0 Å². The predicted molar refractivity (Wildman–Crippen MR) is 133 cm³/mol. The van der Waals surface area contributed by atoms with Crippen molar-refractivity contribution in [1.29, 1.82) is 0 Å². The van der Waals surface area contributed by atoms with Crippen molar-refractivity contribution in [3.63, 3.8) is 0 Å². The van der Waals surface area contributed by atoms with Crippen molar-refractivity contribution in [2.75, 3.05) is 0 Å². The summed E-state index contributed by atoms with van der Waals surface area (Å²) in [5.74, 6) is 1.82. The summed E-state index contributed by atoms with van der Waals surface area (Å²) >= 11 is -2.73. The van der Waals surface area contributed by atoms with Crippen LogP contribution in [0.25, 0.3) is 5.76 Å². The summed E-state index contributed by atoms with van der Waals surface area (Å²) in [6, 6.07) is 22.0. The fourth-order valence-electron chi connectivity index (χ4n) is 4.56. The first-order chi connectivity index (χ1) is 14.7. The van der Waals surface area contributed by atoms with E-state index in [1.165, 1.54) is 74.3 Å². The first-order valence-electron chi connectivity index (χ1n) is 12.3. The number of unbranched alkanes of at least 4 members (excludes halogenated alkanes) is 3. The molecule has 0 spiro atoms. The molecule has 0 radical (unpaired) electrons. The fraction of sp³-hybridized carbons (Fsp3) is 0.500. The van der Waals surface area contributed by atoms with Crippen LogP contribution in [-0.2, 0) is 3.07 Å². The van der Waals surface area contributed by atoms with Crippen LogP contribution < -0.4 is 0 Å². The molecular weight excluding hydrogens is 471 g/mol. The van der Waals surface area contributed by atoms with Gasteiger partial charge in [0.25, 0.3) is 0 Å². The average Bonchev–Trinajstić information content (AvgIpc) is 3.60. The van der Waals surface area contributed by atoms with Gasteiger partial charge in [-0.25, -0.2) is 0 Å². The molecular formula is C28H40OSn. The molecule has 0 amide bonds. The van der Waals surface area contributed by atoms with Crippen LogP contribution in [0.4, 0.5) is 0 Å². The van der Waals surface area contributed by atoms with Crippen molar-refractivity contribution in [2.24, 2.45) is 0 Å². The second kappa shape index (κ2) is 12.0. The maximum absolute atomic E-state index is 7.40. The fourth-order valence-corrected chi connectivity index (χ4v) is 18.1. The Morgan fingerprint density at radius 3 is 1.77 bits per heavy atom. The van der Waals surface area contributed by atoms with E-state index in [-0.39, 0.29) is 0 Å². The molecule has 1 aliphatic carbocycles. The van der Waals surface area contributed by atoms with Crippen molar-refractivity contribution in [3.8, 4) is 0 Å². The molecule has 1 saturated carbocycles. The summed E-state index contributed by atoms with van der Waals surface area (Å²) < 4.78 is 11.5. The van der Waals surface area contributed by atoms with E-state index in [1.54, 1.807) is 0 Å². The van der Waals surface area contributed by atoms with Crippen LogP contribution in [0, 0.1) is 0 Å². The number of hydrogen-bond acceptors (Lipinski definition) is 1. The van der Waals surface area contributed by atoms with Crippen LogP contribution in [0.1, 0.15) is 82.8 Å². The Kier molecular flexibility index (Phi) is 9.36. The third-order valence-corrected chi connectivity index (χ3v) is 19.1. The molecule has 2 aromatic carbocycles. The molecule has 0 aliphatic heterocycles. The SMILES string of the molecule is CCC[CH2][Sn]([CH2]CCC)([CH2]CCC)[O]/C(=C1\CC1c1ccccc1)c1ccccc1. The molecule has 30 heavy (non-hydrogen) atoms. The van der Waals surface area contributed by atoms with Gasteiger partial charge in [-0.05, 0) is 0 Å². The van der Waals surface area contributed by atoms with Crippen LogP contribution in [0.15, 0.2) is 66.2 Å². The Bertz CT molecular complexity index is 759. The van der Waals surface area contributed by atoms with Crippen molar-refractivity contribution in [3.05, 3.63) is 77.4 Å². The van der Waals surface area contributed by atoms with Gasteiger partial charge in [0.1, 0.15) is 0 Å². The molecule has 1 fully saturated rings. The molecule has 1 unspecified atom stereocenters. The topological polar surface area (TPSA) is 9.23 Å². The molecule has 0 aromatic heterocycles. The van der Waals surface area contributed by atoms with E-state index in [0.29, 0.717) is 5.92 Å². The number of benzene rings is 2. The minimum absolute atomic E-state index is 0.550. The van der Waals surface area contributed by atoms with Gasteiger partial charge in [-0.15, -0.1) is 0 Å². The zero-order valence-electron chi connectivity index (χ0n) is 19.3. The van der Waals surface area contributed by atoms with Gasteiger partial charge in [0, 0.05) is 0 Å². The van der Waals surface area contributed by atoms with Crippen LogP contribution in [-0.4, -0.2) is 18.8 Å². The van der Waals surface area contributed by atoms with E-state index in [0.717, 1.165) is 6.42 Å². The molecule has 0 N–H and O–H groups in total. The minimum atomic E-state index is -2.73. The molecule has 0 saturated heterocycles. The Morgan fingerprint density at radius 2 is 1.27 bits per heavy atom. The van der Waals surface area contributed by atoms with Crippen molar-refractivity contribution in [1.82, 2.24) is 0 Å². The molecule has 1 aliphatic rings. The van der Waals surface area contributed by atoms with Crippen molar-refractivity contribution in [2.45, 2.75) is 84.9 Å². The first kappa shape index (κ1) is 23.4. The number of hydrogen-bond donors (Lipinski definition) is 0. The summed E-state index contributed by atoms with van der Waals surface area (Å²) in [4.78, 5) is 0. The summed E-state index contributed by atoms with van der Waals surface area (Å²) in [7, 11) is 0. The Morgan fingerprint density at radius 1 is 0.767 bits per heavy atom. The van der Waals surface area contributed by atoms with Crippen LogP contribution in [0.2, 0.25) is 13.3 Å². The van der Waals surface area contributed by atoms with Crippen molar-refractivity contribution >= 4 is 24.6 Å². The summed E-state index contributed by atoms with van der Waals surface area (Å²) in [6.45, 7) is 7.00. The van der Waals surface area contributed by atoms with E-state index < -0.39 is 18.8 Å². The third kappa shape index (κ3) is 6.39. The van der Waals surface area contributed by atoms with E-state index in [2.05, 4.69) is 81.4 Å². The van der Waals surface area contributed by atoms with E-state index in [1.807, 2.05) is 0 Å². The Hall–Kier alpha value is -1.22. The first-order valence-corrected chi connectivity index (χ1v) is 19.5. The van der Waals surface area contributed by atoms with Gasteiger partial charge >= 0.3 is 190 Å². The monoisotopic (exact) mass is 512 g/mol. The van der Waals surface area contributed by atoms with E-state index >= 15 is 0 Å². The molecule has 0 heterocycles. The van der Waals surface area contributed by atoms with Crippen LogP contribution >= 0.6 is 0 Å². The van der Waals surface area contributed by atoms with E-state index in [9.17, 15) is 0 Å². The standard InChI is InChI=1S/C16H14O.3C4H9.Sn/c17-16(13-9-5-2-6-10-13)15-11-14(15)12-7-3-1-4-8-12;3*1-3-4-2;/h1-10,14,17H,11H2;3*1,3-4H2,2H3;/q;;;;+1/p-1/b16-15+;;;;. The van der Waals surface area contributed by atoms with Crippen molar-refractivity contribution < 1.29 is 3.07 Å². The van der Waals surface area contributed by atoms with Crippen LogP contribution in [0.5, 0.6) is 0 Å². The van der Waals surface area contributed by atoms with Gasteiger partial charge < -0.3 is 0 Å². The number of rotatable bonds is 13. The summed E-state index contributed by atoms with van der Waals surface area (Å²) in [5.41, 5.74) is 4.29. The van der Waals surface area contributed by atoms with Gasteiger partial charge in [0.15, 0.2) is 0 Å². The van der Waals surface area contributed by atoms with Crippen LogP contribution in [0.3, 0.4) is 0 Å². The summed E-state index contributed by atoms with van der Waals surface area (Å²) in [6.07, 6.45) is 9.01. The maximum atomic E-state index is 7.40. The molecule has 1 atom stereocenters. The molecule has 3 rings (SSSR count). The zero-order chi connectivity index (χ0) is 21.2. The van der Waals surface area contributed by atoms with Gasteiger partial charge in [0.2, 0.25) is 0 Å². The normalized spacial score (nSPS) is 17.6. The summed E-state index contributed by atoms with van der Waals surface area (Å²) in [5, 5.41) is 0. The quantitative estimate of drug-likeness (QED) is 0.193. The Labute approximate surface area is 189 Å². The second-order valence-electron chi connectivity index (χ2n) is 8.98. The molecule has 2 aromatic rings. The zero-order valence-corrected chi connectivity index (χ0v) is 22.2. The van der Waals surface area contributed by atoms with Gasteiger partial charge in [-0.1, -0.05) is 0 Å². The molecule has 0 bridgehead atoms. The average molecular weight is 511 g/mol. The second-order valence-corrected chi connectivity index (χ2v) is 20.6. The van der Waals surface area contributed by atoms with Gasteiger partial charge in [-0.2, -0.15) is 0 Å². The predicted octanol–water partition coefficient (Wildman–Crippen LogP) is 8.95. The molecule has 2 heteroatoms. The number of allylic oxidation sites excluding steroid dienone is 1. The van der Waals surface area contributed by atoms with E-state index in [4.69, 9.17) is 3.07 Å². The molecule has 1 nitrogen and oxygen atoms in total. The van der Waals surface area contributed by atoms with Gasteiger partial charge in [-0.3, -0.25) is 0 Å². The molecule has 162 valence electrons.